The highest BCUT2D eigenvalue weighted by Crippen LogP contribution is 2.06. The molecule has 0 amide bonds. The van der Waals surface area contributed by atoms with Gasteiger partial charge in [0, 0.05) is 6.04 Å². The van der Waals surface area contributed by atoms with E-state index in [-0.39, 0.29) is 18.4 Å². The second-order valence-electron chi connectivity index (χ2n) is 6.31. The van der Waals surface area contributed by atoms with Gasteiger partial charge in [-0.2, -0.15) is 0 Å². The first kappa shape index (κ1) is 19.9. The minimum absolute atomic E-state index is 0.00555. The summed E-state index contributed by atoms with van der Waals surface area (Å²) in [4.78, 5) is 15.2. The van der Waals surface area contributed by atoms with E-state index in [0.717, 1.165) is 5.56 Å². The number of nitrogens with zero attached hydrogens (tertiary/aromatic N) is 1. The van der Waals surface area contributed by atoms with Crippen molar-refractivity contribution in [3.05, 3.63) is 35.9 Å². The fourth-order valence-corrected chi connectivity index (χ4v) is 2.27. The van der Waals surface area contributed by atoms with Crippen molar-refractivity contribution >= 4 is 11.9 Å². The van der Waals surface area contributed by atoms with Gasteiger partial charge in [-0.1, -0.05) is 44.2 Å². The Morgan fingerprint density at radius 1 is 1.29 bits per heavy atom. The summed E-state index contributed by atoms with van der Waals surface area (Å²) in [6.45, 7) is 3.87. The molecule has 0 aliphatic heterocycles. The van der Waals surface area contributed by atoms with E-state index in [1.165, 1.54) is 0 Å². The Balaban J connectivity index is 2.51. The highest BCUT2D eigenvalue weighted by molar-refractivity contribution is 5.84. The molecule has 0 aromatic heterocycles. The van der Waals surface area contributed by atoms with E-state index in [9.17, 15) is 9.90 Å². The molecule has 0 saturated heterocycles. The maximum atomic E-state index is 11.2. The molecule has 7 N–H and O–H groups in total. The van der Waals surface area contributed by atoms with Crippen molar-refractivity contribution in [3.63, 3.8) is 0 Å². The summed E-state index contributed by atoms with van der Waals surface area (Å²) in [6.07, 6.45) is 0.0938. The number of aliphatic carboxylic acids is 1. The van der Waals surface area contributed by atoms with Crippen LogP contribution in [0.25, 0.3) is 0 Å². The zero-order valence-electron chi connectivity index (χ0n) is 14.2. The lowest BCUT2D eigenvalue weighted by molar-refractivity contribution is -0.139. The first-order chi connectivity index (χ1) is 11.3. The predicted molar refractivity (Wildman–Crippen MR) is 94.6 cm³/mol. The van der Waals surface area contributed by atoms with Crippen LogP contribution in [0.5, 0.6) is 0 Å². The van der Waals surface area contributed by atoms with Gasteiger partial charge in [0.05, 0.1) is 12.6 Å². The Kier molecular flexibility index (Phi) is 8.21. The Morgan fingerprint density at radius 2 is 1.92 bits per heavy atom. The summed E-state index contributed by atoms with van der Waals surface area (Å²) in [5, 5.41) is 21.9. The molecule has 0 aliphatic rings. The maximum absolute atomic E-state index is 11.2. The number of hydrogen-bond acceptors (Lipinski definition) is 4. The number of aliphatic hydroxyl groups is 1. The van der Waals surface area contributed by atoms with Crippen LogP contribution in [0.15, 0.2) is 35.3 Å². The van der Waals surface area contributed by atoms with E-state index in [0.29, 0.717) is 12.8 Å². The van der Waals surface area contributed by atoms with E-state index in [1.54, 1.807) is 0 Å². The molecule has 0 radical (unpaired) electrons. The largest absolute Gasteiger partial charge is 0.480 e. The standard InChI is InChI=1S/C17H28N4O3/c1-11(2)8-14(16(23)24)21-17(19)20-10-15(22)13(18)9-12-6-4-3-5-7-12/h3-7,11,13-15,22H,8-10,18H2,1-2H3,(H,23,24)(H3,19,20,21)/t13-,14+,15+/m1/s1. The summed E-state index contributed by atoms with van der Waals surface area (Å²) in [6, 6.07) is 8.34. The molecular formula is C17H28N4O3. The zero-order chi connectivity index (χ0) is 18.1. The molecule has 7 nitrogen and oxygen atoms in total. The lowest BCUT2D eigenvalue weighted by Crippen LogP contribution is -2.46. The molecule has 0 saturated carbocycles. The van der Waals surface area contributed by atoms with E-state index < -0.39 is 24.2 Å². The quantitative estimate of drug-likeness (QED) is 0.326. The van der Waals surface area contributed by atoms with Crippen LogP contribution in [0.2, 0.25) is 0 Å². The minimum Gasteiger partial charge on any atom is -0.480 e. The minimum atomic E-state index is -0.983. The molecule has 0 spiro atoms. The van der Waals surface area contributed by atoms with E-state index in [1.807, 2.05) is 44.2 Å². The van der Waals surface area contributed by atoms with Crippen molar-refractivity contribution in [1.29, 1.82) is 0 Å². The number of rotatable bonds is 9. The number of nitrogens with two attached hydrogens (primary N) is 2. The van der Waals surface area contributed by atoms with Crippen LogP contribution in [-0.2, 0) is 11.2 Å². The third-order valence-corrected chi connectivity index (χ3v) is 3.58. The van der Waals surface area contributed by atoms with Crippen LogP contribution >= 0.6 is 0 Å². The van der Waals surface area contributed by atoms with Gasteiger partial charge < -0.3 is 27.0 Å². The van der Waals surface area contributed by atoms with Gasteiger partial charge in [0.15, 0.2) is 5.96 Å². The lowest BCUT2D eigenvalue weighted by atomic mass is 10.0. The smallest absolute Gasteiger partial charge is 0.326 e. The van der Waals surface area contributed by atoms with Crippen molar-refractivity contribution < 1.29 is 15.0 Å². The summed E-state index contributed by atoms with van der Waals surface area (Å²) in [5.74, 6) is -0.784. The van der Waals surface area contributed by atoms with Crippen LogP contribution in [0.3, 0.4) is 0 Å². The summed E-state index contributed by atoms with van der Waals surface area (Å²) >= 11 is 0. The number of carbonyl (C=O) groups is 1. The third-order valence-electron chi connectivity index (χ3n) is 3.58. The zero-order valence-corrected chi connectivity index (χ0v) is 14.2. The van der Waals surface area contributed by atoms with Gasteiger partial charge in [-0.25, -0.2) is 4.79 Å². The lowest BCUT2D eigenvalue weighted by Gasteiger charge is -2.19. The predicted octanol–water partition coefficient (Wildman–Crippen LogP) is 0.321. The molecule has 7 heteroatoms. The molecule has 3 atom stereocenters. The number of carboxylic acids is 1. The average molecular weight is 336 g/mol. The second-order valence-corrected chi connectivity index (χ2v) is 6.31. The van der Waals surface area contributed by atoms with Crippen molar-refractivity contribution in [2.45, 2.75) is 44.9 Å². The van der Waals surface area contributed by atoms with Crippen LogP contribution in [0.1, 0.15) is 25.8 Å². The molecule has 24 heavy (non-hydrogen) atoms. The Morgan fingerprint density at radius 3 is 2.46 bits per heavy atom. The maximum Gasteiger partial charge on any atom is 0.326 e. The number of aliphatic hydroxyl groups excluding tert-OH is 1. The van der Waals surface area contributed by atoms with Gasteiger partial charge in [0.1, 0.15) is 6.04 Å². The first-order valence-electron chi connectivity index (χ1n) is 8.06. The average Bonchev–Trinajstić information content (AvgIpc) is 2.52. The van der Waals surface area contributed by atoms with Crippen LogP contribution < -0.4 is 16.8 Å². The summed E-state index contributed by atoms with van der Waals surface area (Å²) < 4.78 is 0. The first-order valence-corrected chi connectivity index (χ1v) is 8.06. The van der Waals surface area contributed by atoms with Crippen molar-refractivity contribution in [3.8, 4) is 0 Å². The Hall–Kier alpha value is -2.12. The van der Waals surface area contributed by atoms with Crippen molar-refractivity contribution in [2.75, 3.05) is 6.54 Å². The number of nitrogens with one attached hydrogen (secondary N) is 1. The fraction of sp³-hybridized carbons (Fsp3) is 0.529. The second kappa shape index (κ2) is 9.89. The number of carboxylic acid groups (broad SMARTS) is 1. The highest BCUT2D eigenvalue weighted by Gasteiger charge is 2.20. The number of benzene rings is 1. The molecule has 1 rings (SSSR count). The number of guanidine groups is 1. The molecule has 1 aromatic carbocycles. The van der Waals surface area contributed by atoms with Gasteiger partial charge in [-0.05, 0) is 24.3 Å². The number of aliphatic imine (C=N–C) groups is 1. The summed E-state index contributed by atoms with van der Waals surface area (Å²) in [7, 11) is 0. The molecule has 0 fully saturated rings. The molecule has 1 aromatic rings. The van der Waals surface area contributed by atoms with E-state index >= 15 is 0 Å². The molecule has 0 heterocycles. The van der Waals surface area contributed by atoms with Gasteiger partial charge in [-0.3, -0.25) is 4.99 Å². The van der Waals surface area contributed by atoms with Crippen LogP contribution in [0, 0.1) is 5.92 Å². The monoisotopic (exact) mass is 336 g/mol. The molecule has 134 valence electrons. The number of hydrogen-bond donors (Lipinski definition) is 5. The normalized spacial score (nSPS) is 15.8. The van der Waals surface area contributed by atoms with Crippen LogP contribution in [-0.4, -0.2) is 46.9 Å². The third kappa shape index (κ3) is 7.43. The van der Waals surface area contributed by atoms with Gasteiger partial charge in [-0.15, -0.1) is 0 Å². The topological polar surface area (TPSA) is 134 Å². The molecule has 0 aliphatic carbocycles. The van der Waals surface area contributed by atoms with Gasteiger partial charge in [0.25, 0.3) is 0 Å². The van der Waals surface area contributed by atoms with Gasteiger partial charge >= 0.3 is 5.97 Å². The van der Waals surface area contributed by atoms with Crippen LogP contribution in [0.4, 0.5) is 0 Å². The van der Waals surface area contributed by atoms with E-state index in [4.69, 9.17) is 16.6 Å². The van der Waals surface area contributed by atoms with Crippen molar-refractivity contribution in [1.82, 2.24) is 5.32 Å². The molecular weight excluding hydrogens is 308 g/mol. The SMILES string of the molecule is CC(C)C[C@H](NC(N)=NC[C@H](O)[C@H](N)Cc1ccccc1)C(=O)O. The van der Waals surface area contributed by atoms with Crippen molar-refractivity contribution in [2.24, 2.45) is 22.4 Å². The Labute approximate surface area is 142 Å². The van der Waals surface area contributed by atoms with Gasteiger partial charge in [0.2, 0.25) is 0 Å². The highest BCUT2D eigenvalue weighted by atomic mass is 16.4. The molecule has 0 bridgehead atoms. The Bertz CT molecular complexity index is 534. The van der Waals surface area contributed by atoms with E-state index in [2.05, 4.69) is 10.3 Å². The summed E-state index contributed by atoms with van der Waals surface area (Å²) in [5.41, 5.74) is 12.7. The molecule has 0 unspecified atom stereocenters. The fourth-order valence-electron chi connectivity index (χ4n) is 2.27.